The number of ether oxygens (including phenoxy) is 1. The number of hydrogen-bond donors (Lipinski definition) is 3. The van der Waals surface area contributed by atoms with Crippen LogP contribution in [0.4, 0.5) is 5.69 Å². The quantitative estimate of drug-likeness (QED) is 0.614. The number of carbonyl (C=O) groups is 2. The maximum Gasteiger partial charge on any atom is 0.341 e. The number of benzene rings is 1. The molecule has 4 N–H and O–H groups in total. The molecular formula is C13H18N2O4. The van der Waals surface area contributed by atoms with Gasteiger partial charge in [-0.2, -0.15) is 0 Å². The minimum Gasteiger partial charge on any atom is -0.480 e. The Morgan fingerprint density at radius 1 is 1.26 bits per heavy atom. The second-order valence-electron chi connectivity index (χ2n) is 3.97. The number of para-hydroxylation sites is 2. The number of carboxylic acids is 1. The Labute approximate surface area is 111 Å². The van der Waals surface area contributed by atoms with E-state index in [4.69, 9.17) is 15.6 Å². The third-order valence-electron chi connectivity index (χ3n) is 2.37. The number of carbonyl (C=O) groups excluding carboxylic acids is 1. The summed E-state index contributed by atoms with van der Waals surface area (Å²) in [6.07, 6.45) is 1.90. The maximum absolute atomic E-state index is 11.7. The number of carboxylic acid groups (broad SMARTS) is 1. The van der Waals surface area contributed by atoms with E-state index < -0.39 is 12.6 Å². The van der Waals surface area contributed by atoms with Crippen LogP contribution in [0.25, 0.3) is 0 Å². The topological polar surface area (TPSA) is 102 Å². The summed E-state index contributed by atoms with van der Waals surface area (Å²) in [4.78, 5) is 22.1. The number of unbranched alkanes of at least 4 members (excludes halogenated alkanes) is 1. The predicted molar refractivity (Wildman–Crippen MR) is 71.1 cm³/mol. The van der Waals surface area contributed by atoms with Gasteiger partial charge in [-0.1, -0.05) is 12.1 Å². The molecule has 0 atom stereocenters. The van der Waals surface area contributed by atoms with E-state index in [1.54, 1.807) is 24.3 Å². The number of nitrogens with two attached hydrogens (primary N) is 1. The Morgan fingerprint density at radius 3 is 2.68 bits per heavy atom. The van der Waals surface area contributed by atoms with Gasteiger partial charge in [-0.15, -0.1) is 0 Å². The summed E-state index contributed by atoms with van der Waals surface area (Å²) in [5, 5.41) is 11.3. The van der Waals surface area contributed by atoms with Gasteiger partial charge in [-0.05, 0) is 31.5 Å². The Hall–Kier alpha value is -2.08. The summed E-state index contributed by atoms with van der Waals surface area (Å²) in [6.45, 7) is 0.117. The SMILES string of the molecule is NCCCCC(=O)Nc1ccccc1OCC(=O)O. The second kappa shape index (κ2) is 8.10. The van der Waals surface area contributed by atoms with Crippen LogP contribution in [0.15, 0.2) is 24.3 Å². The lowest BCUT2D eigenvalue weighted by Gasteiger charge is -2.11. The molecule has 0 fully saturated rings. The van der Waals surface area contributed by atoms with Crippen LogP contribution in [0.3, 0.4) is 0 Å². The number of anilines is 1. The van der Waals surface area contributed by atoms with Gasteiger partial charge in [0, 0.05) is 6.42 Å². The van der Waals surface area contributed by atoms with Crippen molar-refractivity contribution in [1.29, 1.82) is 0 Å². The van der Waals surface area contributed by atoms with E-state index in [9.17, 15) is 9.59 Å². The van der Waals surface area contributed by atoms with Crippen LogP contribution < -0.4 is 15.8 Å². The number of nitrogens with one attached hydrogen (secondary N) is 1. The number of hydrogen-bond acceptors (Lipinski definition) is 4. The predicted octanol–water partition coefficient (Wildman–Crippen LogP) is 1.22. The van der Waals surface area contributed by atoms with E-state index in [1.807, 2.05) is 0 Å². The van der Waals surface area contributed by atoms with Gasteiger partial charge in [-0.25, -0.2) is 4.79 Å². The van der Waals surface area contributed by atoms with Gasteiger partial charge in [0.15, 0.2) is 6.61 Å². The molecule has 0 unspecified atom stereocenters. The molecule has 0 aromatic heterocycles. The molecule has 0 spiro atoms. The first-order chi connectivity index (χ1) is 9.13. The fraction of sp³-hybridized carbons (Fsp3) is 0.385. The fourth-order valence-corrected chi connectivity index (χ4v) is 1.48. The van der Waals surface area contributed by atoms with Crippen LogP contribution in [-0.2, 0) is 9.59 Å². The average molecular weight is 266 g/mol. The summed E-state index contributed by atoms with van der Waals surface area (Å²) < 4.78 is 5.09. The highest BCUT2D eigenvalue weighted by atomic mass is 16.5. The molecule has 0 aliphatic rings. The molecule has 6 nitrogen and oxygen atoms in total. The zero-order chi connectivity index (χ0) is 14.1. The third kappa shape index (κ3) is 5.87. The van der Waals surface area contributed by atoms with Gasteiger partial charge in [-0.3, -0.25) is 4.79 Å². The van der Waals surface area contributed by atoms with Crippen molar-refractivity contribution in [2.24, 2.45) is 5.73 Å². The van der Waals surface area contributed by atoms with Gasteiger partial charge < -0.3 is 20.9 Å². The number of aliphatic carboxylic acids is 1. The fourth-order valence-electron chi connectivity index (χ4n) is 1.48. The highest BCUT2D eigenvalue weighted by Gasteiger charge is 2.08. The highest BCUT2D eigenvalue weighted by molar-refractivity contribution is 5.92. The molecule has 6 heteroatoms. The minimum atomic E-state index is -1.07. The molecule has 0 saturated carbocycles. The molecule has 1 rings (SSSR count). The van der Waals surface area contributed by atoms with Crippen LogP contribution in [-0.4, -0.2) is 30.1 Å². The highest BCUT2D eigenvalue weighted by Crippen LogP contribution is 2.23. The lowest BCUT2D eigenvalue weighted by Crippen LogP contribution is -2.15. The van der Waals surface area contributed by atoms with Gasteiger partial charge in [0.25, 0.3) is 0 Å². The van der Waals surface area contributed by atoms with Crippen molar-refractivity contribution in [2.45, 2.75) is 19.3 Å². The van der Waals surface area contributed by atoms with Crippen molar-refractivity contribution in [3.05, 3.63) is 24.3 Å². The van der Waals surface area contributed by atoms with Gasteiger partial charge >= 0.3 is 5.97 Å². The van der Waals surface area contributed by atoms with E-state index in [2.05, 4.69) is 5.32 Å². The first-order valence-electron chi connectivity index (χ1n) is 6.07. The lowest BCUT2D eigenvalue weighted by atomic mass is 10.2. The van der Waals surface area contributed by atoms with Crippen LogP contribution >= 0.6 is 0 Å². The van der Waals surface area contributed by atoms with E-state index in [0.717, 1.165) is 12.8 Å². The van der Waals surface area contributed by atoms with E-state index in [1.165, 1.54) is 0 Å². The zero-order valence-corrected chi connectivity index (χ0v) is 10.6. The molecular weight excluding hydrogens is 248 g/mol. The van der Waals surface area contributed by atoms with Crippen molar-refractivity contribution in [3.8, 4) is 5.75 Å². The Kier molecular flexibility index (Phi) is 6.38. The van der Waals surface area contributed by atoms with E-state index in [-0.39, 0.29) is 5.91 Å². The summed E-state index contributed by atoms with van der Waals surface area (Å²) in [6, 6.07) is 6.72. The first kappa shape index (κ1) is 15.0. The molecule has 0 aliphatic heterocycles. The maximum atomic E-state index is 11.7. The molecule has 1 amide bonds. The smallest absolute Gasteiger partial charge is 0.341 e. The van der Waals surface area contributed by atoms with Gasteiger partial charge in [0.2, 0.25) is 5.91 Å². The first-order valence-corrected chi connectivity index (χ1v) is 6.07. The molecule has 104 valence electrons. The number of amides is 1. The summed E-state index contributed by atoms with van der Waals surface area (Å²) in [5.74, 6) is -0.860. The molecule has 0 heterocycles. The zero-order valence-electron chi connectivity index (χ0n) is 10.6. The molecule has 1 aromatic rings. The second-order valence-corrected chi connectivity index (χ2v) is 3.97. The normalized spacial score (nSPS) is 9.95. The van der Waals surface area contributed by atoms with Gasteiger partial charge in [0.1, 0.15) is 5.75 Å². The molecule has 0 radical (unpaired) electrons. The summed E-state index contributed by atoms with van der Waals surface area (Å²) in [7, 11) is 0. The van der Waals surface area contributed by atoms with E-state index >= 15 is 0 Å². The van der Waals surface area contributed by atoms with Crippen LogP contribution in [0.1, 0.15) is 19.3 Å². The molecule has 0 bridgehead atoms. The summed E-state index contributed by atoms with van der Waals surface area (Å²) >= 11 is 0. The molecule has 0 aliphatic carbocycles. The molecule has 19 heavy (non-hydrogen) atoms. The Bertz CT molecular complexity index is 434. The standard InChI is InChI=1S/C13H18N2O4/c14-8-4-3-7-12(16)15-10-5-1-2-6-11(10)19-9-13(17)18/h1-2,5-6H,3-4,7-9,14H2,(H,15,16)(H,17,18). The van der Waals surface area contributed by atoms with Crippen LogP contribution in [0.2, 0.25) is 0 Å². The number of rotatable bonds is 8. The minimum absolute atomic E-state index is 0.139. The Morgan fingerprint density at radius 2 is 2.00 bits per heavy atom. The average Bonchev–Trinajstić information content (AvgIpc) is 2.38. The van der Waals surface area contributed by atoms with Crippen molar-refractivity contribution >= 4 is 17.6 Å². The van der Waals surface area contributed by atoms with Crippen molar-refractivity contribution in [1.82, 2.24) is 0 Å². The van der Waals surface area contributed by atoms with Crippen LogP contribution in [0, 0.1) is 0 Å². The van der Waals surface area contributed by atoms with Crippen molar-refractivity contribution < 1.29 is 19.4 Å². The lowest BCUT2D eigenvalue weighted by molar-refractivity contribution is -0.139. The monoisotopic (exact) mass is 266 g/mol. The third-order valence-corrected chi connectivity index (χ3v) is 2.37. The summed E-state index contributed by atoms with van der Waals surface area (Å²) in [5.41, 5.74) is 5.83. The largest absolute Gasteiger partial charge is 0.480 e. The van der Waals surface area contributed by atoms with Crippen molar-refractivity contribution in [2.75, 3.05) is 18.5 Å². The Balaban J connectivity index is 2.56. The molecule has 0 saturated heterocycles. The van der Waals surface area contributed by atoms with Crippen molar-refractivity contribution in [3.63, 3.8) is 0 Å². The molecule has 1 aromatic carbocycles. The van der Waals surface area contributed by atoms with Crippen LogP contribution in [0.5, 0.6) is 5.75 Å². The van der Waals surface area contributed by atoms with Gasteiger partial charge in [0.05, 0.1) is 5.69 Å². The van der Waals surface area contributed by atoms with E-state index in [0.29, 0.717) is 24.4 Å².